The average Bonchev–Trinajstić information content (AvgIpc) is 1.94. The van der Waals surface area contributed by atoms with Crippen LogP contribution in [0.5, 0.6) is 0 Å². The number of rotatable bonds is 6. The Hall–Kier alpha value is -0.400. The smallest absolute Gasteiger partial charge is 0.207 e. The molecule has 0 atom stereocenters. The van der Waals surface area contributed by atoms with E-state index in [1.54, 1.807) is 0 Å². The van der Waals surface area contributed by atoms with Gasteiger partial charge in [-0.15, -0.1) is 0 Å². The van der Waals surface area contributed by atoms with Crippen LogP contribution in [-0.4, -0.2) is 5.92 Å². The van der Waals surface area contributed by atoms with E-state index < -0.39 is 5.92 Å². The van der Waals surface area contributed by atoms with Gasteiger partial charge in [0.25, 0.3) is 0 Å². The van der Waals surface area contributed by atoms with Gasteiger partial charge in [0.05, 0.1) is 0 Å². The maximum Gasteiger partial charge on any atom is 0.245 e. The number of halogens is 2. The van der Waals surface area contributed by atoms with Crippen LogP contribution in [0.2, 0.25) is 0 Å². The molecule has 0 aliphatic carbocycles. The van der Waals surface area contributed by atoms with E-state index in [9.17, 15) is 8.78 Å². The third-order valence-corrected chi connectivity index (χ3v) is 1.72. The Balaban J connectivity index is 3.11. The average molecular weight is 176 g/mol. The fourth-order valence-corrected chi connectivity index (χ4v) is 1.04. The highest BCUT2D eigenvalue weighted by atomic mass is 19.3. The Labute approximate surface area is 73.7 Å². The highest BCUT2D eigenvalue weighted by Crippen LogP contribution is 2.20. The minimum Gasteiger partial charge on any atom is -0.207 e. The lowest BCUT2D eigenvalue weighted by molar-refractivity contribution is 0.0104. The summed E-state index contributed by atoms with van der Waals surface area (Å²) in [4.78, 5) is 0. The molecule has 0 saturated heterocycles. The standard InChI is InChI=1S/C10H18F2/c1-3-4-5-6-7-8-9-10(2,11)12/h3-4H,5-9H2,1-2H3/b4-3+. The van der Waals surface area contributed by atoms with Crippen molar-refractivity contribution in [3.8, 4) is 0 Å². The Kier molecular flexibility index (Phi) is 5.95. The molecule has 0 saturated carbocycles. The molecule has 0 amide bonds. The van der Waals surface area contributed by atoms with Crippen molar-refractivity contribution in [3.05, 3.63) is 12.2 Å². The summed E-state index contributed by atoms with van der Waals surface area (Å²) in [6.45, 7) is 2.96. The van der Waals surface area contributed by atoms with Gasteiger partial charge in [0.2, 0.25) is 5.92 Å². The molecule has 0 N–H and O–H groups in total. The summed E-state index contributed by atoms with van der Waals surface area (Å²) in [7, 11) is 0. The van der Waals surface area contributed by atoms with Gasteiger partial charge in [0, 0.05) is 6.42 Å². The van der Waals surface area contributed by atoms with Crippen LogP contribution in [-0.2, 0) is 0 Å². The van der Waals surface area contributed by atoms with Crippen molar-refractivity contribution < 1.29 is 8.78 Å². The lowest BCUT2D eigenvalue weighted by Gasteiger charge is -2.08. The van der Waals surface area contributed by atoms with Crippen molar-refractivity contribution in [2.45, 2.75) is 51.9 Å². The third kappa shape index (κ3) is 9.60. The fourth-order valence-electron chi connectivity index (χ4n) is 1.04. The van der Waals surface area contributed by atoms with Crippen LogP contribution in [0, 0.1) is 0 Å². The second kappa shape index (κ2) is 6.15. The number of alkyl halides is 2. The van der Waals surface area contributed by atoms with Gasteiger partial charge in [-0.05, 0) is 33.1 Å². The van der Waals surface area contributed by atoms with Gasteiger partial charge in [-0.3, -0.25) is 0 Å². The molecule has 0 radical (unpaired) electrons. The van der Waals surface area contributed by atoms with Gasteiger partial charge in [0.1, 0.15) is 0 Å². The summed E-state index contributed by atoms with van der Waals surface area (Å²) >= 11 is 0. The van der Waals surface area contributed by atoms with Crippen LogP contribution < -0.4 is 0 Å². The first-order valence-corrected chi connectivity index (χ1v) is 4.55. The maximum absolute atomic E-state index is 12.3. The Morgan fingerprint density at radius 1 is 1.17 bits per heavy atom. The lowest BCUT2D eigenvalue weighted by atomic mass is 10.1. The zero-order chi connectivity index (χ0) is 9.45. The summed E-state index contributed by atoms with van der Waals surface area (Å²) < 4.78 is 24.6. The maximum atomic E-state index is 12.3. The molecule has 0 fully saturated rings. The van der Waals surface area contributed by atoms with Crippen molar-refractivity contribution >= 4 is 0 Å². The first kappa shape index (κ1) is 11.6. The van der Waals surface area contributed by atoms with Crippen molar-refractivity contribution in [2.24, 2.45) is 0 Å². The molecule has 0 nitrogen and oxygen atoms in total. The molecule has 0 spiro atoms. The van der Waals surface area contributed by atoms with Crippen molar-refractivity contribution in [3.63, 3.8) is 0 Å². The Morgan fingerprint density at radius 3 is 2.33 bits per heavy atom. The highest BCUT2D eigenvalue weighted by Gasteiger charge is 2.19. The molecule has 0 aliphatic rings. The normalized spacial score (nSPS) is 12.7. The molecule has 0 aliphatic heterocycles. The van der Waals surface area contributed by atoms with Crippen LogP contribution in [0.3, 0.4) is 0 Å². The molecule has 72 valence electrons. The van der Waals surface area contributed by atoms with Crippen LogP contribution in [0.25, 0.3) is 0 Å². The predicted octanol–water partition coefficient (Wildman–Crippen LogP) is 4.17. The SMILES string of the molecule is C/C=C/CCCCCC(C)(F)F. The second-order valence-corrected chi connectivity index (χ2v) is 3.24. The number of unbranched alkanes of at least 4 members (excludes halogenated alkanes) is 3. The van der Waals surface area contributed by atoms with Gasteiger partial charge in [0.15, 0.2) is 0 Å². The van der Waals surface area contributed by atoms with Crippen LogP contribution in [0.15, 0.2) is 12.2 Å². The van der Waals surface area contributed by atoms with Gasteiger partial charge in [-0.25, -0.2) is 8.78 Å². The Morgan fingerprint density at radius 2 is 1.83 bits per heavy atom. The van der Waals surface area contributed by atoms with E-state index in [0.29, 0.717) is 6.42 Å². The van der Waals surface area contributed by atoms with Crippen LogP contribution in [0.4, 0.5) is 8.78 Å². The zero-order valence-electron chi connectivity index (χ0n) is 7.95. The van der Waals surface area contributed by atoms with Gasteiger partial charge in [-0.1, -0.05) is 18.6 Å². The van der Waals surface area contributed by atoms with Gasteiger partial charge < -0.3 is 0 Å². The monoisotopic (exact) mass is 176 g/mol. The lowest BCUT2D eigenvalue weighted by Crippen LogP contribution is -2.08. The first-order chi connectivity index (χ1) is 5.56. The van der Waals surface area contributed by atoms with E-state index in [0.717, 1.165) is 26.2 Å². The van der Waals surface area contributed by atoms with E-state index in [2.05, 4.69) is 6.08 Å². The van der Waals surface area contributed by atoms with Crippen molar-refractivity contribution in [2.75, 3.05) is 0 Å². The quantitative estimate of drug-likeness (QED) is 0.421. The summed E-state index contributed by atoms with van der Waals surface area (Å²) in [5, 5.41) is 0. The van der Waals surface area contributed by atoms with E-state index in [1.165, 1.54) is 0 Å². The van der Waals surface area contributed by atoms with E-state index >= 15 is 0 Å². The van der Waals surface area contributed by atoms with Crippen LogP contribution in [0.1, 0.15) is 46.0 Å². The molecule has 0 bridgehead atoms. The summed E-state index contributed by atoms with van der Waals surface area (Å²) in [6, 6.07) is 0. The van der Waals surface area contributed by atoms with Crippen molar-refractivity contribution in [1.29, 1.82) is 0 Å². The summed E-state index contributed by atoms with van der Waals surface area (Å²) in [5.74, 6) is -2.47. The molecular formula is C10H18F2. The molecule has 0 aromatic carbocycles. The molecular weight excluding hydrogens is 158 g/mol. The minimum atomic E-state index is -2.47. The summed E-state index contributed by atoms with van der Waals surface area (Å²) in [6.07, 6.45) is 7.70. The second-order valence-electron chi connectivity index (χ2n) is 3.24. The highest BCUT2D eigenvalue weighted by molar-refractivity contribution is 4.76. The fraction of sp³-hybridized carbons (Fsp3) is 0.800. The predicted molar refractivity (Wildman–Crippen MR) is 48.5 cm³/mol. The minimum absolute atomic E-state index is 0.0306. The molecule has 0 aromatic rings. The molecule has 0 heterocycles. The zero-order valence-corrected chi connectivity index (χ0v) is 7.95. The molecule has 2 heteroatoms. The summed E-state index contributed by atoms with van der Waals surface area (Å²) in [5.41, 5.74) is 0. The number of allylic oxidation sites excluding steroid dienone is 2. The van der Waals surface area contributed by atoms with E-state index in [-0.39, 0.29) is 6.42 Å². The van der Waals surface area contributed by atoms with Gasteiger partial charge >= 0.3 is 0 Å². The van der Waals surface area contributed by atoms with Crippen molar-refractivity contribution in [1.82, 2.24) is 0 Å². The molecule has 0 rings (SSSR count). The largest absolute Gasteiger partial charge is 0.245 e. The van der Waals surface area contributed by atoms with E-state index in [4.69, 9.17) is 0 Å². The molecule has 12 heavy (non-hydrogen) atoms. The number of hydrogen-bond donors (Lipinski definition) is 0. The molecule has 0 unspecified atom stereocenters. The van der Waals surface area contributed by atoms with E-state index in [1.807, 2.05) is 13.0 Å². The van der Waals surface area contributed by atoms with Gasteiger partial charge in [-0.2, -0.15) is 0 Å². The Bertz CT molecular complexity index is 122. The first-order valence-electron chi connectivity index (χ1n) is 4.55. The third-order valence-electron chi connectivity index (χ3n) is 1.72. The number of hydrogen-bond acceptors (Lipinski definition) is 0. The topological polar surface area (TPSA) is 0 Å². The van der Waals surface area contributed by atoms with Crippen LogP contribution >= 0.6 is 0 Å². The molecule has 0 aromatic heterocycles.